The summed E-state index contributed by atoms with van der Waals surface area (Å²) in [5, 5.41) is 3.45. The number of para-hydroxylation sites is 1. The van der Waals surface area contributed by atoms with E-state index >= 15 is 0 Å². The van der Waals surface area contributed by atoms with Crippen LogP contribution in [0.5, 0.6) is 0 Å². The van der Waals surface area contributed by atoms with E-state index in [9.17, 15) is 0 Å². The number of nitrogens with two attached hydrogens (primary N) is 1. The van der Waals surface area contributed by atoms with Gasteiger partial charge in [-0.3, -0.25) is 0 Å². The van der Waals surface area contributed by atoms with Crippen molar-refractivity contribution in [3.63, 3.8) is 0 Å². The summed E-state index contributed by atoms with van der Waals surface area (Å²) in [5.74, 6) is -0.306. The maximum Gasteiger partial charge on any atom is 0.224 e. The Balaban J connectivity index is 1.66. The Morgan fingerprint density at radius 3 is 2.45 bits per heavy atom. The van der Waals surface area contributed by atoms with Gasteiger partial charge in [-0.15, -0.1) is 0 Å². The minimum atomic E-state index is -0.955. The quantitative estimate of drug-likeness (QED) is 0.573. The van der Waals surface area contributed by atoms with E-state index in [4.69, 9.17) is 15.2 Å². The molecular formula is C25H30N4O2. The van der Waals surface area contributed by atoms with Crippen LogP contribution < -0.4 is 11.1 Å². The maximum absolute atomic E-state index is 6.49. The van der Waals surface area contributed by atoms with E-state index in [-0.39, 0.29) is 0 Å². The summed E-state index contributed by atoms with van der Waals surface area (Å²) in [4.78, 5) is 6.69. The number of anilines is 3. The summed E-state index contributed by atoms with van der Waals surface area (Å²) in [6, 6.07) is 20.0. The average Bonchev–Trinajstić information content (AvgIpc) is 3.28. The molecule has 1 saturated heterocycles. The van der Waals surface area contributed by atoms with Crippen molar-refractivity contribution in [3.05, 3.63) is 83.6 Å². The Kier molecular flexibility index (Phi) is 6.51. The van der Waals surface area contributed by atoms with Crippen LogP contribution in [0.2, 0.25) is 0 Å². The van der Waals surface area contributed by atoms with Gasteiger partial charge in [-0.1, -0.05) is 48.5 Å². The van der Waals surface area contributed by atoms with Gasteiger partial charge in [-0.25, -0.2) is 4.98 Å². The Labute approximate surface area is 184 Å². The molecule has 0 unspecified atom stereocenters. The second-order valence-electron chi connectivity index (χ2n) is 7.99. The molecule has 6 nitrogen and oxygen atoms in total. The van der Waals surface area contributed by atoms with Gasteiger partial charge >= 0.3 is 0 Å². The van der Waals surface area contributed by atoms with Crippen LogP contribution >= 0.6 is 0 Å². The van der Waals surface area contributed by atoms with Crippen LogP contribution in [0, 0.1) is 0 Å². The van der Waals surface area contributed by atoms with Crippen LogP contribution in [0.3, 0.4) is 0 Å². The van der Waals surface area contributed by atoms with Crippen molar-refractivity contribution < 1.29 is 9.47 Å². The lowest BCUT2D eigenvalue weighted by Gasteiger charge is -2.30. The number of aromatic nitrogens is 1. The molecule has 0 amide bonds. The Bertz CT molecular complexity index is 1000. The minimum Gasteiger partial charge on any atom is -0.396 e. The molecule has 162 valence electrons. The van der Waals surface area contributed by atoms with Gasteiger partial charge in [0, 0.05) is 23.0 Å². The normalized spacial score (nSPS) is 15.3. The fourth-order valence-corrected chi connectivity index (χ4v) is 3.97. The van der Waals surface area contributed by atoms with Crippen molar-refractivity contribution >= 4 is 17.2 Å². The molecule has 0 radical (unpaired) electrons. The van der Waals surface area contributed by atoms with Crippen molar-refractivity contribution in [1.82, 2.24) is 9.88 Å². The third kappa shape index (κ3) is 4.56. The van der Waals surface area contributed by atoms with Gasteiger partial charge in [0.15, 0.2) is 5.82 Å². The summed E-state index contributed by atoms with van der Waals surface area (Å²) in [7, 11) is 4.16. The van der Waals surface area contributed by atoms with Crippen molar-refractivity contribution in [2.75, 3.05) is 44.9 Å². The molecule has 0 atom stereocenters. The maximum atomic E-state index is 6.49. The number of nitrogens with one attached hydrogen (secondary N) is 1. The van der Waals surface area contributed by atoms with E-state index in [1.165, 1.54) is 0 Å². The Morgan fingerprint density at radius 1 is 1.00 bits per heavy atom. The first-order valence-corrected chi connectivity index (χ1v) is 10.7. The van der Waals surface area contributed by atoms with Gasteiger partial charge in [0.05, 0.1) is 18.9 Å². The highest BCUT2D eigenvalue weighted by Gasteiger charge is 2.42. The lowest BCUT2D eigenvalue weighted by atomic mass is 9.95. The van der Waals surface area contributed by atoms with Crippen molar-refractivity contribution in [2.45, 2.75) is 18.6 Å². The molecule has 0 spiro atoms. The number of nitrogens with zero attached hydrogens (tertiary/aromatic N) is 2. The monoisotopic (exact) mass is 418 g/mol. The third-order valence-corrected chi connectivity index (χ3v) is 5.51. The number of aryl methyl sites for hydroxylation is 1. The third-order valence-electron chi connectivity index (χ3n) is 5.51. The molecule has 2 heterocycles. The zero-order chi connectivity index (χ0) is 21.7. The SMILES string of the molecule is CN(C)CCCc1ccnc(Nc2ccccc2C2(c3ccccc3)OCCO2)c1N. The Morgan fingerprint density at radius 2 is 1.71 bits per heavy atom. The smallest absolute Gasteiger partial charge is 0.224 e. The lowest BCUT2D eigenvalue weighted by molar-refractivity contribution is -0.129. The van der Waals surface area contributed by atoms with Crippen LogP contribution in [-0.4, -0.2) is 43.7 Å². The molecule has 1 aliphatic heterocycles. The van der Waals surface area contributed by atoms with Crippen LogP contribution in [0.1, 0.15) is 23.1 Å². The fraction of sp³-hybridized carbons (Fsp3) is 0.320. The molecule has 1 aromatic heterocycles. The summed E-state index contributed by atoms with van der Waals surface area (Å²) in [5.41, 5.74) is 11.0. The van der Waals surface area contributed by atoms with Crippen molar-refractivity contribution in [2.24, 2.45) is 0 Å². The van der Waals surface area contributed by atoms with E-state index in [0.29, 0.717) is 24.7 Å². The molecule has 3 N–H and O–H groups in total. The average molecular weight is 419 g/mol. The lowest BCUT2D eigenvalue weighted by Crippen LogP contribution is -2.29. The predicted octanol–water partition coefficient (Wildman–Crippen LogP) is 4.15. The highest BCUT2D eigenvalue weighted by Crippen LogP contribution is 2.42. The summed E-state index contributed by atoms with van der Waals surface area (Å²) < 4.78 is 12.4. The summed E-state index contributed by atoms with van der Waals surface area (Å²) >= 11 is 0. The number of hydrogen-bond acceptors (Lipinski definition) is 6. The van der Waals surface area contributed by atoms with E-state index in [2.05, 4.69) is 29.3 Å². The first-order valence-electron chi connectivity index (χ1n) is 10.7. The molecule has 2 aromatic carbocycles. The topological polar surface area (TPSA) is 72.6 Å². The highest BCUT2D eigenvalue weighted by molar-refractivity contribution is 5.73. The van der Waals surface area contributed by atoms with Gasteiger partial charge in [-0.05, 0) is 51.2 Å². The molecular weight excluding hydrogens is 388 g/mol. The number of benzene rings is 2. The van der Waals surface area contributed by atoms with Gasteiger partial charge in [0.2, 0.25) is 5.79 Å². The van der Waals surface area contributed by atoms with E-state index in [0.717, 1.165) is 41.8 Å². The first-order chi connectivity index (χ1) is 15.1. The molecule has 1 aliphatic rings. The standard InChI is InChI=1S/C25H30N4O2/c1-29(2)16-8-9-19-14-15-27-24(23(19)26)28-22-13-7-6-12-21(22)25(30-17-18-31-25)20-10-4-3-5-11-20/h3-7,10-15H,8-9,16-18,26H2,1-2H3,(H,27,28). The number of hydrogen-bond donors (Lipinski definition) is 2. The van der Waals surface area contributed by atoms with Gasteiger partial charge in [-0.2, -0.15) is 0 Å². The largest absolute Gasteiger partial charge is 0.396 e. The zero-order valence-corrected chi connectivity index (χ0v) is 18.2. The first kappa shape index (κ1) is 21.3. The van der Waals surface area contributed by atoms with Gasteiger partial charge in [0.1, 0.15) is 0 Å². The van der Waals surface area contributed by atoms with E-state index in [1.54, 1.807) is 0 Å². The predicted molar refractivity (Wildman–Crippen MR) is 124 cm³/mol. The molecule has 4 rings (SSSR count). The second kappa shape index (κ2) is 9.47. The summed E-state index contributed by atoms with van der Waals surface area (Å²) in [6.45, 7) is 2.08. The number of pyridine rings is 1. The fourth-order valence-electron chi connectivity index (χ4n) is 3.97. The highest BCUT2D eigenvalue weighted by atomic mass is 16.7. The van der Waals surface area contributed by atoms with Crippen LogP contribution in [0.15, 0.2) is 66.9 Å². The van der Waals surface area contributed by atoms with Crippen LogP contribution in [0.4, 0.5) is 17.2 Å². The second-order valence-corrected chi connectivity index (χ2v) is 7.99. The summed E-state index contributed by atoms with van der Waals surface area (Å²) in [6.07, 6.45) is 3.75. The number of rotatable bonds is 8. The van der Waals surface area contributed by atoms with Crippen molar-refractivity contribution in [3.8, 4) is 0 Å². The zero-order valence-electron chi connectivity index (χ0n) is 18.2. The number of ether oxygens (including phenoxy) is 2. The molecule has 0 aliphatic carbocycles. The molecule has 0 bridgehead atoms. The van der Waals surface area contributed by atoms with E-state index in [1.807, 2.05) is 66.9 Å². The molecule has 31 heavy (non-hydrogen) atoms. The Hall–Kier alpha value is -2.93. The van der Waals surface area contributed by atoms with Gasteiger partial charge in [0.25, 0.3) is 0 Å². The number of nitrogen functional groups attached to an aromatic ring is 1. The van der Waals surface area contributed by atoms with Gasteiger partial charge < -0.3 is 25.4 Å². The molecule has 6 heteroatoms. The van der Waals surface area contributed by atoms with Crippen LogP contribution in [-0.2, 0) is 21.7 Å². The van der Waals surface area contributed by atoms with Crippen LogP contribution in [0.25, 0.3) is 0 Å². The molecule has 0 saturated carbocycles. The van der Waals surface area contributed by atoms with Crippen molar-refractivity contribution in [1.29, 1.82) is 0 Å². The molecule has 1 fully saturated rings. The minimum absolute atomic E-state index is 0.533. The van der Waals surface area contributed by atoms with E-state index < -0.39 is 5.79 Å². The molecule has 3 aromatic rings.